The maximum Gasteiger partial charge on any atom is 0.254 e. The zero-order valence-corrected chi connectivity index (χ0v) is 14.4. The highest BCUT2D eigenvalue weighted by atomic mass is 16.2. The van der Waals surface area contributed by atoms with Gasteiger partial charge < -0.3 is 15.2 Å². The minimum absolute atomic E-state index is 0.0470. The number of hydrogen-bond acceptors (Lipinski definition) is 2. The van der Waals surface area contributed by atoms with Crippen molar-refractivity contribution >= 4 is 17.5 Å². The second kappa shape index (κ2) is 6.39. The Morgan fingerprint density at radius 3 is 2.60 bits per heavy atom. The van der Waals surface area contributed by atoms with E-state index >= 15 is 0 Å². The van der Waals surface area contributed by atoms with Crippen LogP contribution < -0.4 is 5.32 Å². The Morgan fingerprint density at radius 2 is 1.96 bits per heavy atom. The first-order chi connectivity index (χ1) is 12.1. The first-order valence-corrected chi connectivity index (χ1v) is 8.98. The largest absolute Gasteiger partial charge is 0.363 e. The Labute approximate surface area is 147 Å². The third-order valence-corrected chi connectivity index (χ3v) is 5.34. The molecule has 3 atom stereocenters. The molecule has 0 bridgehead atoms. The van der Waals surface area contributed by atoms with Crippen molar-refractivity contribution in [1.82, 2.24) is 9.88 Å². The van der Waals surface area contributed by atoms with Gasteiger partial charge in [-0.1, -0.05) is 6.92 Å². The topological polar surface area (TPSA) is 65.2 Å². The van der Waals surface area contributed by atoms with E-state index in [-0.39, 0.29) is 23.8 Å². The van der Waals surface area contributed by atoms with Crippen molar-refractivity contribution < 1.29 is 9.59 Å². The summed E-state index contributed by atoms with van der Waals surface area (Å²) >= 11 is 0. The normalized spacial score (nSPS) is 25.0. The van der Waals surface area contributed by atoms with E-state index in [4.69, 9.17) is 0 Å². The second-order valence-corrected chi connectivity index (χ2v) is 7.17. The highest BCUT2D eigenvalue weighted by Gasteiger charge is 2.39. The molecule has 2 aliphatic rings. The molecule has 1 saturated carbocycles. The van der Waals surface area contributed by atoms with Gasteiger partial charge in [-0.25, -0.2) is 0 Å². The van der Waals surface area contributed by atoms with Gasteiger partial charge >= 0.3 is 0 Å². The molecule has 1 aliphatic carbocycles. The lowest BCUT2D eigenvalue weighted by atomic mass is 10.1. The third kappa shape index (κ3) is 3.18. The SMILES string of the molecule is C[C@@H]1C[C@H]1C(=O)Nc1ccc(C(=O)N2CCC[C@H]2c2ccc[nH]2)cc1. The number of benzene rings is 1. The van der Waals surface area contributed by atoms with E-state index in [1.807, 2.05) is 35.4 Å². The lowest BCUT2D eigenvalue weighted by Crippen LogP contribution is -2.30. The Balaban J connectivity index is 1.44. The number of nitrogens with zero attached hydrogens (tertiary/aromatic N) is 1. The first-order valence-electron chi connectivity index (χ1n) is 8.98. The lowest BCUT2D eigenvalue weighted by Gasteiger charge is -2.24. The predicted molar refractivity (Wildman–Crippen MR) is 96.1 cm³/mol. The molecular weight excluding hydrogens is 314 g/mol. The monoisotopic (exact) mass is 337 g/mol. The van der Waals surface area contributed by atoms with Crippen LogP contribution in [0.15, 0.2) is 42.6 Å². The quantitative estimate of drug-likeness (QED) is 0.895. The molecule has 4 rings (SSSR count). The number of rotatable bonds is 4. The Bertz CT molecular complexity index is 767. The number of carbonyl (C=O) groups is 2. The van der Waals surface area contributed by atoms with Gasteiger partial charge in [0.15, 0.2) is 0 Å². The van der Waals surface area contributed by atoms with Gasteiger partial charge in [-0.2, -0.15) is 0 Å². The van der Waals surface area contributed by atoms with E-state index in [2.05, 4.69) is 17.2 Å². The number of aromatic nitrogens is 1. The minimum Gasteiger partial charge on any atom is -0.363 e. The van der Waals surface area contributed by atoms with Gasteiger partial charge in [-0.3, -0.25) is 9.59 Å². The van der Waals surface area contributed by atoms with Gasteiger partial charge in [0.1, 0.15) is 0 Å². The fraction of sp³-hybridized carbons (Fsp3) is 0.400. The summed E-state index contributed by atoms with van der Waals surface area (Å²) in [6, 6.07) is 11.4. The van der Waals surface area contributed by atoms with E-state index in [1.165, 1.54) is 0 Å². The van der Waals surface area contributed by atoms with Crippen LogP contribution in [0.4, 0.5) is 5.69 Å². The molecule has 2 fully saturated rings. The fourth-order valence-corrected chi connectivity index (χ4v) is 3.67. The Morgan fingerprint density at radius 1 is 1.20 bits per heavy atom. The molecule has 2 heterocycles. The number of hydrogen-bond donors (Lipinski definition) is 2. The molecule has 0 unspecified atom stereocenters. The van der Waals surface area contributed by atoms with E-state index < -0.39 is 0 Å². The van der Waals surface area contributed by atoms with Crippen LogP contribution in [0.25, 0.3) is 0 Å². The number of amides is 2. The molecule has 2 N–H and O–H groups in total. The molecule has 1 aromatic carbocycles. The molecule has 0 radical (unpaired) electrons. The standard InChI is InChI=1S/C20H23N3O2/c1-13-12-16(13)19(24)22-15-8-6-14(7-9-15)20(25)23-11-3-5-18(23)17-4-2-10-21-17/h2,4,6-10,13,16,18,21H,3,5,11-12H2,1H3,(H,22,24)/t13-,16-,18+/m1/s1. The zero-order valence-electron chi connectivity index (χ0n) is 14.4. The van der Waals surface area contributed by atoms with Crippen LogP contribution >= 0.6 is 0 Å². The van der Waals surface area contributed by atoms with Crippen molar-refractivity contribution in [2.24, 2.45) is 11.8 Å². The highest BCUT2D eigenvalue weighted by Crippen LogP contribution is 2.38. The Hall–Kier alpha value is -2.56. The summed E-state index contributed by atoms with van der Waals surface area (Å²) in [5, 5.41) is 2.93. The summed E-state index contributed by atoms with van der Waals surface area (Å²) in [5.41, 5.74) is 2.51. The Kier molecular flexibility index (Phi) is 4.07. The second-order valence-electron chi connectivity index (χ2n) is 7.17. The molecule has 1 aliphatic heterocycles. The van der Waals surface area contributed by atoms with Gasteiger partial charge in [0.25, 0.3) is 5.91 Å². The van der Waals surface area contributed by atoms with Crippen molar-refractivity contribution in [1.29, 1.82) is 0 Å². The van der Waals surface area contributed by atoms with E-state index in [9.17, 15) is 9.59 Å². The molecule has 25 heavy (non-hydrogen) atoms. The number of aromatic amines is 1. The van der Waals surface area contributed by atoms with Crippen LogP contribution in [0.2, 0.25) is 0 Å². The summed E-state index contributed by atoms with van der Waals surface area (Å²) in [6.45, 7) is 2.86. The zero-order chi connectivity index (χ0) is 17.4. The molecule has 2 amide bonds. The summed E-state index contributed by atoms with van der Waals surface area (Å²) in [6.07, 6.45) is 4.87. The van der Waals surface area contributed by atoms with Crippen LogP contribution in [-0.4, -0.2) is 28.2 Å². The third-order valence-electron chi connectivity index (χ3n) is 5.34. The van der Waals surface area contributed by atoms with Crippen LogP contribution in [-0.2, 0) is 4.79 Å². The van der Waals surface area contributed by atoms with Crippen LogP contribution in [0.1, 0.15) is 48.3 Å². The van der Waals surface area contributed by atoms with Crippen LogP contribution in [0.3, 0.4) is 0 Å². The summed E-state index contributed by atoms with van der Waals surface area (Å²) in [7, 11) is 0. The smallest absolute Gasteiger partial charge is 0.254 e. The van der Waals surface area contributed by atoms with E-state index in [1.54, 1.807) is 12.1 Å². The summed E-state index contributed by atoms with van der Waals surface area (Å²) in [4.78, 5) is 30.0. The average molecular weight is 337 g/mol. The molecule has 0 spiro atoms. The van der Waals surface area contributed by atoms with Crippen molar-refractivity contribution in [2.45, 2.75) is 32.2 Å². The fourth-order valence-electron chi connectivity index (χ4n) is 3.67. The van der Waals surface area contributed by atoms with Crippen molar-refractivity contribution in [3.63, 3.8) is 0 Å². The molecule has 1 saturated heterocycles. The molecule has 5 nitrogen and oxygen atoms in total. The minimum atomic E-state index is 0.0470. The van der Waals surface area contributed by atoms with Gasteiger partial charge in [0.05, 0.1) is 6.04 Å². The van der Waals surface area contributed by atoms with Crippen LogP contribution in [0.5, 0.6) is 0 Å². The van der Waals surface area contributed by atoms with Crippen molar-refractivity contribution in [3.05, 3.63) is 53.9 Å². The maximum absolute atomic E-state index is 12.9. The van der Waals surface area contributed by atoms with Crippen LogP contribution in [0, 0.1) is 11.8 Å². The van der Waals surface area contributed by atoms with Gasteiger partial charge in [0.2, 0.25) is 5.91 Å². The number of H-pyrrole nitrogens is 1. The average Bonchev–Trinajstić information content (AvgIpc) is 3.04. The molecule has 2 aromatic rings. The summed E-state index contributed by atoms with van der Waals surface area (Å²) < 4.78 is 0. The highest BCUT2D eigenvalue weighted by molar-refractivity contribution is 5.97. The predicted octanol–water partition coefficient (Wildman–Crippen LogP) is 3.59. The van der Waals surface area contributed by atoms with Crippen molar-refractivity contribution in [2.75, 3.05) is 11.9 Å². The molecule has 5 heteroatoms. The first kappa shape index (κ1) is 15.9. The number of carbonyl (C=O) groups excluding carboxylic acids is 2. The van der Waals surface area contributed by atoms with Crippen molar-refractivity contribution in [3.8, 4) is 0 Å². The van der Waals surface area contributed by atoms with Gasteiger partial charge in [0, 0.05) is 35.6 Å². The number of nitrogens with one attached hydrogen (secondary N) is 2. The maximum atomic E-state index is 12.9. The van der Waals surface area contributed by atoms with E-state index in [0.29, 0.717) is 11.5 Å². The number of anilines is 1. The van der Waals surface area contributed by atoms with Gasteiger partial charge in [-0.05, 0) is 61.6 Å². The summed E-state index contributed by atoms with van der Waals surface area (Å²) in [5.74, 6) is 0.761. The van der Waals surface area contributed by atoms with E-state index in [0.717, 1.165) is 37.2 Å². The molecule has 1 aromatic heterocycles. The lowest BCUT2D eigenvalue weighted by molar-refractivity contribution is -0.117. The van der Waals surface area contributed by atoms with Gasteiger partial charge in [-0.15, -0.1) is 0 Å². The molecule has 130 valence electrons. The molecular formula is C20H23N3O2. The number of likely N-dealkylation sites (tertiary alicyclic amines) is 1.